The summed E-state index contributed by atoms with van der Waals surface area (Å²) in [5.74, 6) is 0. The van der Waals surface area contributed by atoms with Crippen molar-refractivity contribution in [2.45, 2.75) is 46.6 Å². The summed E-state index contributed by atoms with van der Waals surface area (Å²) in [7, 11) is 0. The highest BCUT2D eigenvalue weighted by Gasteiger charge is 2.44. The van der Waals surface area contributed by atoms with E-state index in [2.05, 4.69) is 18.7 Å². The van der Waals surface area contributed by atoms with Crippen LogP contribution in [0.2, 0.25) is 0 Å². The molecule has 84 valence electrons. The Hall–Kier alpha value is -0.0800. The Labute approximate surface area is 88.6 Å². The van der Waals surface area contributed by atoms with Crippen LogP contribution in [0.5, 0.6) is 0 Å². The molecule has 0 aromatic rings. The van der Waals surface area contributed by atoms with E-state index in [4.69, 9.17) is 4.74 Å². The Morgan fingerprint density at radius 3 is 2.00 bits per heavy atom. The van der Waals surface area contributed by atoms with Crippen LogP contribution in [0.4, 0.5) is 0 Å². The highest BCUT2D eigenvalue weighted by molar-refractivity contribution is 4.96. The molecule has 0 aromatic heterocycles. The van der Waals surface area contributed by atoms with Gasteiger partial charge in [0.2, 0.25) is 0 Å². The van der Waals surface area contributed by atoms with Gasteiger partial charge in [0.1, 0.15) is 0 Å². The molecule has 0 aromatic carbocycles. The number of likely N-dealkylation sites (tertiary alicyclic amines) is 1. The lowest BCUT2D eigenvalue weighted by atomic mass is 9.73. The molecule has 0 radical (unpaired) electrons. The first-order chi connectivity index (χ1) is 6.72. The summed E-state index contributed by atoms with van der Waals surface area (Å²) in [6, 6.07) is 0.735. The second kappa shape index (κ2) is 5.13. The Morgan fingerprint density at radius 1 is 1.07 bits per heavy atom. The molecule has 0 N–H and O–H groups in total. The number of hydrogen-bond donors (Lipinski definition) is 0. The van der Waals surface area contributed by atoms with Gasteiger partial charge in [-0.05, 0) is 26.7 Å². The van der Waals surface area contributed by atoms with E-state index < -0.39 is 0 Å². The summed E-state index contributed by atoms with van der Waals surface area (Å²) in [6.45, 7) is 13.2. The zero-order valence-corrected chi connectivity index (χ0v) is 10.2. The van der Waals surface area contributed by atoms with Crippen molar-refractivity contribution >= 4 is 0 Å². The maximum atomic E-state index is 5.38. The van der Waals surface area contributed by atoms with Gasteiger partial charge in [-0.2, -0.15) is 0 Å². The third-order valence-corrected chi connectivity index (χ3v) is 3.36. The molecule has 2 heteroatoms. The molecule has 0 unspecified atom stereocenters. The lowest BCUT2D eigenvalue weighted by Crippen LogP contribution is -2.60. The van der Waals surface area contributed by atoms with Gasteiger partial charge in [-0.3, -0.25) is 4.90 Å². The first-order valence-electron chi connectivity index (χ1n) is 6.04. The molecule has 0 saturated carbocycles. The molecule has 2 fully saturated rings. The summed E-state index contributed by atoms with van der Waals surface area (Å²) in [4.78, 5) is 2.56. The van der Waals surface area contributed by atoms with Gasteiger partial charge in [0.15, 0.2) is 0 Å². The van der Waals surface area contributed by atoms with Gasteiger partial charge in [-0.25, -0.2) is 0 Å². The molecule has 2 aliphatic rings. The maximum absolute atomic E-state index is 5.38. The zero-order valence-electron chi connectivity index (χ0n) is 10.2. The Morgan fingerprint density at radius 2 is 1.57 bits per heavy atom. The van der Waals surface area contributed by atoms with Gasteiger partial charge in [0, 0.05) is 37.8 Å². The van der Waals surface area contributed by atoms with Gasteiger partial charge in [0.25, 0.3) is 0 Å². The number of rotatable bonds is 1. The molecular formula is C12H25NO. The monoisotopic (exact) mass is 199 g/mol. The van der Waals surface area contributed by atoms with Crippen LogP contribution in [0, 0.1) is 5.41 Å². The smallest absolute Gasteiger partial charge is 0.0472 e. The SMILES string of the molecule is CC.CC(C)N1CC2(CCOCC2)C1. The molecule has 1 spiro atoms. The first kappa shape index (κ1) is 12.0. The minimum atomic E-state index is 0.655. The van der Waals surface area contributed by atoms with E-state index in [-0.39, 0.29) is 0 Å². The van der Waals surface area contributed by atoms with E-state index in [0.717, 1.165) is 19.3 Å². The molecule has 0 bridgehead atoms. The second-order valence-corrected chi connectivity index (χ2v) is 4.61. The van der Waals surface area contributed by atoms with Crippen LogP contribution in [0.25, 0.3) is 0 Å². The van der Waals surface area contributed by atoms with E-state index in [1.54, 1.807) is 0 Å². The van der Waals surface area contributed by atoms with Crippen molar-refractivity contribution in [3.05, 3.63) is 0 Å². The maximum Gasteiger partial charge on any atom is 0.0472 e. The molecule has 2 saturated heterocycles. The highest BCUT2D eigenvalue weighted by Crippen LogP contribution is 2.40. The Kier molecular flexibility index (Phi) is 4.39. The molecule has 2 heterocycles. The second-order valence-electron chi connectivity index (χ2n) is 4.61. The third kappa shape index (κ3) is 2.48. The molecule has 0 amide bonds. The third-order valence-electron chi connectivity index (χ3n) is 3.36. The van der Waals surface area contributed by atoms with Crippen LogP contribution in [0.3, 0.4) is 0 Å². The summed E-state index contributed by atoms with van der Waals surface area (Å²) in [5.41, 5.74) is 0.655. The van der Waals surface area contributed by atoms with Crippen molar-refractivity contribution in [1.82, 2.24) is 4.90 Å². The highest BCUT2D eigenvalue weighted by atomic mass is 16.5. The van der Waals surface area contributed by atoms with Gasteiger partial charge >= 0.3 is 0 Å². The van der Waals surface area contributed by atoms with Crippen molar-refractivity contribution in [2.75, 3.05) is 26.3 Å². The average Bonchev–Trinajstić information content (AvgIpc) is 2.18. The van der Waals surface area contributed by atoms with E-state index in [1.807, 2.05) is 13.8 Å². The quantitative estimate of drug-likeness (QED) is 0.643. The van der Waals surface area contributed by atoms with E-state index >= 15 is 0 Å². The standard InChI is InChI=1S/C10H19NO.C2H6/c1-9(2)11-7-10(8-11)3-5-12-6-4-10;1-2/h9H,3-8H2,1-2H3;1-2H3. The topological polar surface area (TPSA) is 12.5 Å². The van der Waals surface area contributed by atoms with E-state index in [1.165, 1.54) is 25.9 Å². The predicted octanol–water partition coefficient (Wildman–Crippen LogP) is 2.53. The fourth-order valence-electron chi connectivity index (χ4n) is 2.30. The Bertz CT molecular complexity index is 154. The van der Waals surface area contributed by atoms with Gasteiger partial charge < -0.3 is 4.74 Å². The summed E-state index contributed by atoms with van der Waals surface area (Å²) in [5, 5.41) is 0. The predicted molar refractivity (Wildman–Crippen MR) is 60.5 cm³/mol. The number of ether oxygens (including phenoxy) is 1. The van der Waals surface area contributed by atoms with Gasteiger partial charge in [-0.15, -0.1) is 0 Å². The van der Waals surface area contributed by atoms with Crippen LogP contribution >= 0.6 is 0 Å². The van der Waals surface area contributed by atoms with E-state index in [9.17, 15) is 0 Å². The van der Waals surface area contributed by atoms with Crippen molar-refractivity contribution in [2.24, 2.45) is 5.41 Å². The van der Waals surface area contributed by atoms with Crippen molar-refractivity contribution in [1.29, 1.82) is 0 Å². The number of hydrogen-bond acceptors (Lipinski definition) is 2. The Balaban J connectivity index is 0.000000461. The van der Waals surface area contributed by atoms with E-state index in [0.29, 0.717) is 5.41 Å². The lowest BCUT2D eigenvalue weighted by molar-refractivity contribution is -0.0919. The molecular weight excluding hydrogens is 174 g/mol. The molecule has 0 aliphatic carbocycles. The number of nitrogens with zero attached hydrogens (tertiary/aromatic N) is 1. The van der Waals surface area contributed by atoms with Crippen LogP contribution in [-0.4, -0.2) is 37.2 Å². The molecule has 0 atom stereocenters. The zero-order chi connectivity index (χ0) is 10.6. The van der Waals surface area contributed by atoms with Crippen LogP contribution in [-0.2, 0) is 4.74 Å². The first-order valence-corrected chi connectivity index (χ1v) is 6.04. The normalized spacial score (nSPS) is 25.5. The minimum Gasteiger partial charge on any atom is -0.381 e. The minimum absolute atomic E-state index is 0.655. The summed E-state index contributed by atoms with van der Waals surface area (Å²) < 4.78 is 5.38. The van der Waals surface area contributed by atoms with Gasteiger partial charge in [-0.1, -0.05) is 13.8 Å². The largest absolute Gasteiger partial charge is 0.381 e. The average molecular weight is 199 g/mol. The van der Waals surface area contributed by atoms with Crippen LogP contribution < -0.4 is 0 Å². The lowest BCUT2D eigenvalue weighted by Gasteiger charge is -2.54. The van der Waals surface area contributed by atoms with Crippen molar-refractivity contribution in [3.63, 3.8) is 0 Å². The van der Waals surface area contributed by atoms with Crippen molar-refractivity contribution < 1.29 is 4.74 Å². The molecule has 14 heavy (non-hydrogen) atoms. The molecule has 2 aliphatic heterocycles. The fourth-order valence-corrected chi connectivity index (χ4v) is 2.30. The molecule has 2 nitrogen and oxygen atoms in total. The molecule has 2 rings (SSSR count). The van der Waals surface area contributed by atoms with Crippen molar-refractivity contribution in [3.8, 4) is 0 Å². The summed E-state index contributed by atoms with van der Waals surface area (Å²) >= 11 is 0. The fraction of sp³-hybridized carbons (Fsp3) is 1.00. The van der Waals surface area contributed by atoms with Crippen LogP contribution in [0.15, 0.2) is 0 Å². The van der Waals surface area contributed by atoms with Crippen LogP contribution in [0.1, 0.15) is 40.5 Å². The van der Waals surface area contributed by atoms with Gasteiger partial charge in [0.05, 0.1) is 0 Å². The summed E-state index contributed by atoms with van der Waals surface area (Å²) in [6.07, 6.45) is 2.58.